The van der Waals surface area contributed by atoms with Crippen LogP contribution < -0.4 is 14.4 Å². The van der Waals surface area contributed by atoms with Crippen molar-refractivity contribution in [1.29, 1.82) is 0 Å². The molecular weight excluding hydrogens is 472 g/mol. The molecule has 6 nitrogen and oxygen atoms in total. The lowest BCUT2D eigenvalue weighted by Crippen LogP contribution is -2.49. The number of fused-ring (bicyclic) bond motifs is 1. The second-order valence-corrected chi connectivity index (χ2v) is 9.56. The monoisotopic (exact) mass is 502 g/mol. The van der Waals surface area contributed by atoms with Crippen LogP contribution in [-0.2, 0) is 11.2 Å². The molecule has 3 aromatic carbocycles. The molecule has 1 amide bonds. The lowest BCUT2D eigenvalue weighted by Gasteiger charge is -2.36. The van der Waals surface area contributed by atoms with Crippen LogP contribution in [0.1, 0.15) is 5.56 Å². The van der Waals surface area contributed by atoms with Gasteiger partial charge in [-0.05, 0) is 54.3 Å². The van der Waals surface area contributed by atoms with Crippen molar-refractivity contribution in [3.05, 3.63) is 72.3 Å². The summed E-state index contributed by atoms with van der Waals surface area (Å²) in [4.78, 5) is 18.5. The summed E-state index contributed by atoms with van der Waals surface area (Å²) in [6.07, 6.45) is 2.42. The molecule has 2 heterocycles. The molecule has 4 aromatic rings. The van der Waals surface area contributed by atoms with Gasteiger partial charge in [0.05, 0.1) is 25.5 Å². The summed E-state index contributed by atoms with van der Waals surface area (Å²) in [7, 11) is 3.25. The topological polar surface area (TPSA) is 55.2 Å². The number of anilines is 1. The molecule has 0 atom stereocenters. The Balaban J connectivity index is 1.33. The van der Waals surface area contributed by atoms with E-state index < -0.39 is 0 Å². The summed E-state index contributed by atoms with van der Waals surface area (Å²) < 4.78 is 17.1. The van der Waals surface area contributed by atoms with E-state index in [-0.39, 0.29) is 5.91 Å². The van der Waals surface area contributed by atoms with Gasteiger partial charge in [0.25, 0.3) is 0 Å². The zero-order valence-electron chi connectivity index (χ0n) is 20.8. The number of nitrogens with zero attached hydrogens (tertiary/aromatic N) is 2. The minimum absolute atomic E-state index is 0.163. The minimum Gasteiger partial charge on any atom is -0.493 e. The van der Waals surface area contributed by atoms with Crippen LogP contribution in [0.3, 0.4) is 0 Å². The van der Waals surface area contributed by atoms with Crippen LogP contribution in [0.5, 0.6) is 11.5 Å². The van der Waals surface area contributed by atoms with Gasteiger partial charge in [0.2, 0.25) is 5.91 Å². The van der Waals surface area contributed by atoms with Crippen molar-refractivity contribution >= 4 is 34.3 Å². The van der Waals surface area contributed by atoms with Gasteiger partial charge in [0.15, 0.2) is 11.5 Å². The molecule has 0 spiro atoms. The third-order valence-corrected chi connectivity index (χ3v) is 7.48. The van der Waals surface area contributed by atoms with Gasteiger partial charge in [-0.3, -0.25) is 4.79 Å². The van der Waals surface area contributed by atoms with E-state index in [0.717, 1.165) is 58.9 Å². The van der Waals surface area contributed by atoms with E-state index in [1.54, 1.807) is 26.0 Å². The van der Waals surface area contributed by atoms with Crippen LogP contribution in [0.4, 0.5) is 5.69 Å². The Kier molecular flexibility index (Phi) is 7.09. The Morgan fingerprint density at radius 2 is 1.67 bits per heavy atom. The summed E-state index contributed by atoms with van der Waals surface area (Å²) in [5.41, 5.74) is 3.93. The molecule has 5 rings (SSSR count). The molecule has 1 aliphatic rings. The molecular formula is C29H30N2O4S. The number of benzene rings is 3. The summed E-state index contributed by atoms with van der Waals surface area (Å²) in [6.45, 7) is 3.17. The van der Waals surface area contributed by atoms with Crippen LogP contribution in [0.25, 0.3) is 22.3 Å². The van der Waals surface area contributed by atoms with E-state index in [4.69, 9.17) is 13.9 Å². The molecule has 7 heteroatoms. The van der Waals surface area contributed by atoms with Gasteiger partial charge in [0.1, 0.15) is 11.3 Å². The third kappa shape index (κ3) is 4.75. The summed E-state index contributed by atoms with van der Waals surface area (Å²) >= 11 is 1.64. The fraction of sp³-hybridized carbons (Fsp3) is 0.276. The molecule has 1 aromatic heterocycles. The lowest BCUT2D eigenvalue weighted by molar-refractivity contribution is -0.130. The number of hydrogen-bond acceptors (Lipinski definition) is 6. The van der Waals surface area contributed by atoms with Gasteiger partial charge < -0.3 is 23.7 Å². The van der Waals surface area contributed by atoms with Gasteiger partial charge >= 0.3 is 0 Å². The number of amides is 1. The fourth-order valence-electron chi connectivity index (χ4n) is 4.74. The molecule has 1 saturated heterocycles. The summed E-state index contributed by atoms with van der Waals surface area (Å²) in [5.74, 6) is 2.28. The molecule has 1 aliphatic heterocycles. The van der Waals surface area contributed by atoms with Crippen molar-refractivity contribution in [1.82, 2.24) is 4.90 Å². The number of methoxy groups -OCH3 is 2. The number of carbonyl (C=O) groups excluding carboxylic acids is 1. The van der Waals surface area contributed by atoms with Crippen LogP contribution in [0.2, 0.25) is 0 Å². The van der Waals surface area contributed by atoms with Crippen molar-refractivity contribution in [2.45, 2.75) is 11.3 Å². The Labute approximate surface area is 215 Å². The van der Waals surface area contributed by atoms with Gasteiger partial charge in [-0.1, -0.05) is 24.3 Å². The first-order chi connectivity index (χ1) is 17.6. The van der Waals surface area contributed by atoms with E-state index in [1.807, 2.05) is 47.6 Å². The quantitative estimate of drug-likeness (QED) is 0.301. The van der Waals surface area contributed by atoms with Crippen LogP contribution in [-0.4, -0.2) is 57.5 Å². The molecule has 186 valence electrons. The fourth-order valence-corrected chi connectivity index (χ4v) is 5.47. The largest absolute Gasteiger partial charge is 0.493 e. The van der Waals surface area contributed by atoms with Crippen molar-refractivity contribution in [3.63, 3.8) is 0 Å². The molecule has 0 N–H and O–H groups in total. The number of piperazine rings is 1. The number of rotatable bonds is 7. The van der Waals surface area contributed by atoms with Crippen LogP contribution in [0, 0.1) is 0 Å². The van der Waals surface area contributed by atoms with Gasteiger partial charge in [-0.25, -0.2) is 0 Å². The normalized spacial score (nSPS) is 13.8. The SMILES string of the molecule is COc1ccc(-c2oc3ccc(CC(=O)N4CCN(c5ccccc5)CC4)cc3c2SC)cc1OC. The first-order valence-electron chi connectivity index (χ1n) is 12.0. The van der Waals surface area contributed by atoms with Crippen molar-refractivity contribution in [2.75, 3.05) is 51.6 Å². The summed E-state index contributed by atoms with van der Waals surface area (Å²) in [6, 6.07) is 22.2. The predicted octanol–water partition coefficient (Wildman–Crippen LogP) is 5.73. The zero-order valence-corrected chi connectivity index (χ0v) is 21.6. The average Bonchev–Trinajstić information content (AvgIpc) is 3.31. The lowest BCUT2D eigenvalue weighted by atomic mass is 10.1. The first kappa shape index (κ1) is 24.1. The Morgan fingerprint density at radius 3 is 2.36 bits per heavy atom. The smallest absolute Gasteiger partial charge is 0.227 e. The Morgan fingerprint density at radius 1 is 0.917 bits per heavy atom. The zero-order chi connectivity index (χ0) is 25.1. The highest BCUT2D eigenvalue weighted by Crippen LogP contribution is 2.42. The van der Waals surface area contributed by atoms with Gasteiger partial charge in [-0.2, -0.15) is 0 Å². The second kappa shape index (κ2) is 10.6. The standard InChI is InChI=1S/C29H30N2O4S/c1-33-25-12-10-21(19-26(25)34-2)28-29(36-3)23-17-20(9-11-24(23)35-28)18-27(32)31-15-13-30(14-16-31)22-7-5-4-6-8-22/h4-12,17,19H,13-16,18H2,1-3H3. The van der Waals surface area contributed by atoms with E-state index in [0.29, 0.717) is 17.9 Å². The third-order valence-electron chi connectivity index (χ3n) is 6.67. The molecule has 0 aliphatic carbocycles. The van der Waals surface area contributed by atoms with E-state index in [1.165, 1.54) is 5.69 Å². The molecule has 0 unspecified atom stereocenters. The number of para-hydroxylation sites is 1. The maximum Gasteiger partial charge on any atom is 0.227 e. The van der Waals surface area contributed by atoms with Crippen molar-refractivity contribution < 1.29 is 18.7 Å². The van der Waals surface area contributed by atoms with Crippen LogP contribution >= 0.6 is 11.8 Å². The average molecular weight is 503 g/mol. The molecule has 36 heavy (non-hydrogen) atoms. The van der Waals surface area contributed by atoms with E-state index >= 15 is 0 Å². The van der Waals surface area contributed by atoms with E-state index in [2.05, 4.69) is 35.2 Å². The molecule has 0 bridgehead atoms. The highest BCUT2D eigenvalue weighted by molar-refractivity contribution is 7.99. The van der Waals surface area contributed by atoms with E-state index in [9.17, 15) is 4.79 Å². The van der Waals surface area contributed by atoms with Crippen molar-refractivity contribution in [3.8, 4) is 22.8 Å². The van der Waals surface area contributed by atoms with Crippen molar-refractivity contribution in [2.24, 2.45) is 0 Å². The number of ether oxygens (including phenoxy) is 2. The molecule has 0 radical (unpaired) electrons. The maximum atomic E-state index is 13.1. The highest BCUT2D eigenvalue weighted by Gasteiger charge is 2.22. The highest BCUT2D eigenvalue weighted by atomic mass is 32.2. The second-order valence-electron chi connectivity index (χ2n) is 8.74. The maximum absolute atomic E-state index is 13.1. The molecule has 1 fully saturated rings. The minimum atomic E-state index is 0.163. The van der Waals surface area contributed by atoms with Gasteiger partial charge in [0, 0.05) is 42.8 Å². The Bertz CT molecular complexity index is 1360. The predicted molar refractivity (Wildman–Crippen MR) is 145 cm³/mol. The summed E-state index contributed by atoms with van der Waals surface area (Å²) in [5, 5.41) is 1.02. The molecule has 0 saturated carbocycles. The Hall–Kier alpha value is -3.58. The number of carbonyl (C=O) groups is 1. The number of furan rings is 1. The number of hydrogen-bond donors (Lipinski definition) is 0. The first-order valence-corrected chi connectivity index (χ1v) is 13.2. The van der Waals surface area contributed by atoms with Crippen LogP contribution in [0.15, 0.2) is 76.0 Å². The van der Waals surface area contributed by atoms with Gasteiger partial charge in [-0.15, -0.1) is 11.8 Å². The number of thioether (sulfide) groups is 1.